The van der Waals surface area contributed by atoms with Gasteiger partial charge in [0.2, 0.25) is 5.91 Å². The Morgan fingerprint density at radius 1 is 1.58 bits per heavy atom. The maximum absolute atomic E-state index is 10.8. The van der Waals surface area contributed by atoms with Crippen molar-refractivity contribution in [3.8, 4) is 0 Å². The Kier molecular flexibility index (Phi) is 4.74. The summed E-state index contributed by atoms with van der Waals surface area (Å²) in [4.78, 5) is 17.4. The second-order valence-corrected chi connectivity index (χ2v) is 4.91. The highest BCUT2D eigenvalue weighted by molar-refractivity contribution is 5.75. The molecule has 1 saturated heterocycles. The number of nitrogens with one attached hydrogen (secondary N) is 1. The number of nitrogens with zero attached hydrogens (tertiary/aromatic N) is 2. The zero-order valence-corrected chi connectivity index (χ0v) is 11.3. The van der Waals surface area contributed by atoms with Crippen LogP contribution in [0.15, 0.2) is 18.3 Å². The highest BCUT2D eigenvalue weighted by atomic mass is 16.1. The average molecular weight is 261 g/mol. The van der Waals surface area contributed by atoms with Crippen LogP contribution in [0.2, 0.25) is 0 Å². The number of piperidine rings is 1. The van der Waals surface area contributed by atoms with Gasteiger partial charge in [0.1, 0.15) is 5.82 Å². The Bertz CT molecular complexity index is 429. The van der Waals surface area contributed by atoms with E-state index in [9.17, 15) is 4.79 Å². The van der Waals surface area contributed by atoms with Crippen LogP contribution in [-0.2, 0) is 4.79 Å². The number of nitrogens with two attached hydrogens (primary N) is 1. The van der Waals surface area contributed by atoms with Crippen LogP contribution in [-0.4, -0.2) is 37.1 Å². The molecule has 1 aromatic heterocycles. The molecule has 1 aromatic rings. The Balaban J connectivity index is 2.02. The number of anilines is 1. The topological polar surface area (TPSA) is 71.2 Å². The quantitative estimate of drug-likeness (QED) is 0.818. The van der Waals surface area contributed by atoms with Crippen molar-refractivity contribution >= 4 is 11.7 Å². The number of amides is 1. The highest BCUT2D eigenvalue weighted by Crippen LogP contribution is 2.19. The van der Waals surface area contributed by atoms with Gasteiger partial charge in [0.15, 0.2) is 0 Å². The molecule has 1 aliphatic rings. The third-order valence-electron chi connectivity index (χ3n) is 3.53. The van der Waals surface area contributed by atoms with Crippen LogP contribution in [0.1, 0.15) is 24.8 Å². The molecule has 0 saturated carbocycles. The number of aromatic nitrogens is 1. The number of carbonyl (C=O) groups is 1. The smallest absolute Gasteiger partial charge is 0.218 e. The van der Waals surface area contributed by atoms with E-state index in [0.29, 0.717) is 6.04 Å². The van der Waals surface area contributed by atoms with Crippen molar-refractivity contribution in [3.63, 3.8) is 0 Å². The zero-order chi connectivity index (χ0) is 13.7. The predicted octanol–water partition coefficient (Wildman–Crippen LogP) is 0.698. The fourth-order valence-corrected chi connectivity index (χ4v) is 2.35. The lowest BCUT2D eigenvalue weighted by Gasteiger charge is -2.32. The van der Waals surface area contributed by atoms with Gasteiger partial charge in [-0.15, -0.1) is 0 Å². The molecular weight excluding hydrogens is 240 g/mol. The van der Waals surface area contributed by atoms with Crippen LogP contribution in [0, 0.1) is 6.42 Å². The zero-order valence-electron chi connectivity index (χ0n) is 11.3. The number of primary amides is 1. The summed E-state index contributed by atoms with van der Waals surface area (Å²) in [6.07, 6.45) is 6.14. The molecular formula is C14H21N4O. The van der Waals surface area contributed by atoms with Crippen LogP contribution >= 0.6 is 0 Å². The summed E-state index contributed by atoms with van der Waals surface area (Å²) < 4.78 is 0. The molecule has 1 amide bonds. The predicted molar refractivity (Wildman–Crippen MR) is 75.7 cm³/mol. The molecule has 3 N–H and O–H groups in total. The van der Waals surface area contributed by atoms with Gasteiger partial charge in [-0.25, -0.2) is 4.98 Å². The Labute approximate surface area is 114 Å². The van der Waals surface area contributed by atoms with Gasteiger partial charge in [-0.1, -0.05) is 0 Å². The summed E-state index contributed by atoms with van der Waals surface area (Å²) >= 11 is 0. The van der Waals surface area contributed by atoms with Crippen molar-refractivity contribution in [2.45, 2.75) is 25.3 Å². The van der Waals surface area contributed by atoms with Crippen LogP contribution in [0.3, 0.4) is 0 Å². The number of pyridine rings is 1. The molecule has 1 fully saturated rings. The molecule has 0 aliphatic carbocycles. The molecule has 1 radical (unpaired) electrons. The third-order valence-corrected chi connectivity index (χ3v) is 3.53. The first-order valence-electron chi connectivity index (χ1n) is 6.68. The minimum absolute atomic E-state index is 0.264. The van der Waals surface area contributed by atoms with Gasteiger partial charge in [0, 0.05) is 32.1 Å². The van der Waals surface area contributed by atoms with Crippen molar-refractivity contribution in [2.24, 2.45) is 5.73 Å². The second-order valence-electron chi connectivity index (χ2n) is 4.91. The molecule has 0 bridgehead atoms. The number of hydrogen-bond donors (Lipinski definition) is 2. The summed E-state index contributed by atoms with van der Waals surface area (Å²) in [5.74, 6) is 0.634. The maximum Gasteiger partial charge on any atom is 0.218 e. The lowest BCUT2D eigenvalue weighted by atomic mass is 10.0. The first-order chi connectivity index (χ1) is 9.16. The van der Waals surface area contributed by atoms with Gasteiger partial charge in [-0.3, -0.25) is 4.79 Å². The molecule has 1 aliphatic heterocycles. The van der Waals surface area contributed by atoms with E-state index in [-0.39, 0.29) is 12.3 Å². The van der Waals surface area contributed by atoms with Gasteiger partial charge in [0.05, 0.1) is 0 Å². The number of rotatable bonds is 5. The van der Waals surface area contributed by atoms with E-state index in [2.05, 4.69) is 22.2 Å². The maximum atomic E-state index is 10.8. The number of hydrogen-bond acceptors (Lipinski definition) is 4. The fourth-order valence-electron chi connectivity index (χ4n) is 2.35. The fraction of sp³-hybridized carbons (Fsp3) is 0.500. The van der Waals surface area contributed by atoms with Crippen molar-refractivity contribution in [3.05, 3.63) is 30.3 Å². The van der Waals surface area contributed by atoms with Gasteiger partial charge < -0.3 is 16.0 Å². The minimum Gasteiger partial charge on any atom is -0.370 e. The lowest BCUT2D eigenvalue weighted by molar-refractivity contribution is -0.117. The first kappa shape index (κ1) is 13.8. The van der Waals surface area contributed by atoms with Crippen LogP contribution in [0.4, 0.5) is 5.82 Å². The highest BCUT2D eigenvalue weighted by Gasteiger charge is 2.18. The third kappa shape index (κ3) is 3.92. The Hall–Kier alpha value is -1.62. The van der Waals surface area contributed by atoms with Crippen LogP contribution in [0.5, 0.6) is 0 Å². The van der Waals surface area contributed by atoms with Gasteiger partial charge >= 0.3 is 0 Å². The molecule has 5 nitrogen and oxygen atoms in total. The molecule has 0 atom stereocenters. The average Bonchev–Trinajstić information content (AvgIpc) is 2.45. The molecule has 0 aromatic carbocycles. The summed E-state index contributed by atoms with van der Waals surface area (Å²) in [5.41, 5.74) is 6.14. The SMILES string of the molecule is CN(c1cc([CH]CC(N)=O)ccn1)C1CCNCC1. The van der Waals surface area contributed by atoms with Gasteiger partial charge in [-0.05, 0) is 43.6 Å². The van der Waals surface area contributed by atoms with Gasteiger partial charge in [0.25, 0.3) is 0 Å². The van der Waals surface area contributed by atoms with Gasteiger partial charge in [-0.2, -0.15) is 0 Å². The molecule has 5 heteroatoms. The minimum atomic E-state index is -0.315. The summed E-state index contributed by atoms with van der Waals surface area (Å²) in [6.45, 7) is 2.12. The standard InChI is InChI=1S/C14H21N4O/c1-18(12-5-7-16-8-6-12)14-10-11(4-9-17-14)2-3-13(15)19/h2,4,9-10,12,16H,3,5-8H2,1H3,(H2,15,19). The van der Waals surface area contributed by atoms with E-state index in [4.69, 9.17) is 5.73 Å². The summed E-state index contributed by atoms with van der Waals surface area (Å²) in [7, 11) is 2.08. The lowest BCUT2D eigenvalue weighted by Crippen LogP contribution is -2.41. The summed E-state index contributed by atoms with van der Waals surface area (Å²) in [5, 5.41) is 3.36. The van der Waals surface area contributed by atoms with E-state index in [1.165, 1.54) is 0 Å². The van der Waals surface area contributed by atoms with E-state index < -0.39 is 0 Å². The second kappa shape index (κ2) is 6.52. The first-order valence-corrected chi connectivity index (χ1v) is 6.68. The monoisotopic (exact) mass is 261 g/mol. The van der Waals surface area contributed by atoms with Crippen molar-refractivity contribution < 1.29 is 4.79 Å². The molecule has 0 unspecified atom stereocenters. The Morgan fingerprint density at radius 2 is 2.32 bits per heavy atom. The van der Waals surface area contributed by atoms with Crippen LogP contribution in [0.25, 0.3) is 0 Å². The van der Waals surface area contributed by atoms with Crippen molar-refractivity contribution in [2.75, 3.05) is 25.0 Å². The van der Waals surface area contributed by atoms with Crippen LogP contribution < -0.4 is 16.0 Å². The summed E-state index contributed by atoms with van der Waals surface area (Å²) in [6, 6.07) is 4.42. The Morgan fingerprint density at radius 3 is 3.00 bits per heavy atom. The molecule has 0 spiro atoms. The normalized spacial score (nSPS) is 16.3. The number of carbonyl (C=O) groups excluding carboxylic acids is 1. The van der Waals surface area contributed by atoms with Crippen molar-refractivity contribution in [1.29, 1.82) is 0 Å². The molecule has 103 valence electrons. The largest absolute Gasteiger partial charge is 0.370 e. The molecule has 2 rings (SSSR count). The van der Waals surface area contributed by atoms with Crippen molar-refractivity contribution in [1.82, 2.24) is 10.3 Å². The van der Waals surface area contributed by atoms with E-state index in [0.717, 1.165) is 37.3 Å². The van der Waals surface area contributed by atoms with E-state index in [1.807, 2.05) is 18.6 Å². The molecule has 19 heavy (non-hydrogen) atoms. The van der Waals surface area contributed by atoms with E-state index >= 15 is 0 Å². The molecule has 2 heterocycles. The van der Waals surface area contributed by atoms with E-state index in [1.54, 1.807) is 6.20 Å².